The van der Waals surface area contributed by atoms with E-state index in [0.717, 1.165) is 0 Å². The van der Waals surface area contributed by atoms with Gasteiger partial charge >= 0.3 is 6.16 Å². The number of nitrogens with one attached hydrogen (secondary N) is 1. The third-order valence-electron chi connectivity index (χ3n) is 3.40. The van der Waals surface area contributed by atoms with Crippen molar-refractivity contribution in [2.45, 2.75) is 26.4 Å². The van der Waals surface area contributed by atoms with Crippen molar-refractivity contribution in [3.63, 3.8) is 0 Å². The second kappa shape index (κ2) is 11.3. The van der Waals surface area contributed by atoms with Crippen molar-refractivity contribution in [2.75, 3.05) is 24.4 Å². The lowest BCUT2D eigenvalue weighted by molar-refractivity contribution is -0.116. The van der Waals surface area contributed by atoms with Crippen molar-refractivity contribution in [1.29, 1.82) is 0 Å². The molecular weight excluding hydrogens is 392 g/mol. The van der Waals surface area contributed by atoms with Crippen molar-refractivity contribution in [3.8, 4) is 5.75 Å². The summed E-state index contributed by atoms with van der Waals surface area (Å²) >= 11 is 0. The number of benzene rings is 1. The molecule has 11 nitrogen and oxygen atoms in total. The smallest absolute Gasteiger partial charge is 0.455 e. The molecule has 0 bridgehead atoms. The molecule has 1 aromatic heterocycles. The standard InChI is InChI=1S/C19H24N6O5/c1-12(2)30-19(27)29-11-28-15-6-4-3-5-13(15)24-25-14-7-8-16(23-18(14)21)22-17(26)9-10-20/h3-8,12H,9-11,20H2,1-2H3,(H3,21,22,23,26). The number of nitrogens with zero attached hydrogens (tertiary/aromatic N) is 3. The largest absolute Gasteiger partial charge is 0.511 e. The van der Waals surface area contributed by atoms with E-state index in [-0.39, 0.29) is 37.6 Å². The summed E-state index contributed by atoms with van der Waals surface area (Å²) in [4.78, 5) is 27.0. The van der Waals surface area contributed by atoms with Gasteiger partial charge in [-0.2, -0.15) is 0 Å². The van der Waals surface area contributed by atoms with Crippen LogP contribution in [0.1, 0.15) is 20.3 Å². The molecule has 5 N–H and O–H groups in total. The van der Waals surface area contributed by atoms with Gasteiger partial charge in [-0.25, -0.2) is 9.78 Å². The van der Waals surface area contributed by atoms with Crippen molar-refractivity contribution in [1.82, 2.24) is 4.98 Å². The van der Waals surface area contributed by atoms with E-state index in [2.05, 4.69) is 20.5 Å². The van der Waals surface area contributed by atoms with Crippen LogP contribution in [0.15, 0.2) is 46.6 Å². The summed E-state index contributed by atoms with van der Waals surface area (Å²) in [6.07, 6.45) is -0.946. The molecule has 0 aliphatic heterocycles. The topological polar surface area (TPSA) is 164 Å². The van der Waals surface area contributed by atoms with Gasteiger partial charge in [-0.15, -0.1) is 10.2 Å². The first-order valence-corrected chi connectivity index (χ1v) is 9.12. The van der Waals surface area contributed by atoms with Crippen LogP contribution in [0, 0.1) is 0 Å². The number of hydrogen-bond donors (Lipinski definition) is 3. The Bertz CT molecular complexity index is 903. The molecule has 0 unspecified atom stereocenters. The fourth-order valence-corrected chi connectivity index (χ4v) is 2.10. The number of pyridine rings is 1. The Morgan fingerprint density at radius 3 is 2.57 bits per heavy atom. The molecule has 1 aromatic carbocycles. The van der Waals surface area contributed by atoms with E-state index in [9.17, 15) is 9.59 Å². The number of nitrogen functional groups attached to an aromatic ring is 1. The van der Waals surface area contributed by atoms with E-state index in [1.54, 1.807) is 50.2 Å². The molecular formula is C19H24N6O5. The zero-order valence-corrected chi connectivity index (χ0v) is 16.7. The van der Waals surface area contributed by atoms with Crippen LogP contribution >= 0.6 is 0 Å². The van der Waals surface area contributed by atoms with E-state index in [4.69, 9.17) is 25.7 Å². The van der Waals surface area contributed by atoms with Crippen molar-refractivity contribution >= 4 is 35.1 Å². The van der Waals surface area contributed by atoms with Crippen LogP contribution in [-0.2, 0) is 14.3 Å². The third-order valence-corrected chi connectivity index (χ3v) is 3.40. The maximum atomic E-state index is 11.6. The number of aromatic nitrogens is 1. The normalized spacial score (nSPS) is 10.8. The average molecular weight is 416 g/mol. The summed E-state index contributed by atoms with van der Waals surface area (Å²) in [7, 11) is 0. The van der Waals surface area contributed by atoms with E-state index >= 15 is 0 Å². The maximum absolute atomic E-state index is 11.6. The van der Waals surface area contributed by atoms with Crippen molar-refractivity contribution in [3.05, 3.63) is 36.4 Å². The molecule has 11 heteroatoms. The van der Waals surface area contributed by atoms with Gasteiger partial charge in [0, 0.05) is 13.0 Å². The fourth-order valence-electron chi connectivity index (χ4n) is 2.10. The quantitative estimate of drug-likeness (QED) is 0.318. The van der Waals surface area contributed by atoms with Crippen LogP contribution < -0.4 is 21.5 Å². The first kappa shape index (κ1) is 22.6. The minimum Gasteiger partial charge on any atom is -0.455 e. The molecule has 2 aromatic rings. The van der Waals surface area contributed by atoms with E-state index in [1.165, 1.54) is 0 Å². The maximum Gasteiger partial charge on any atom is 0.511 e. The van der Waals surface area contributed by atoms with Crippen LogP contribution in [-0.4, -0.2) is 36.5 Å². The van der Waals surface area contributed by atoms with E-state index in [1.807, 2.05) is 0 Å². The van der Waals surface area contributed by atoms with Crippen LogP contribution in [0.5, 0.6) is 5.75 Å². The van der Waals surface area contributed by atoms with Gasteiger partial charge in [0.05, 0.1) is 6.10 Å². The summed E-state index contributed by atoms with van der Waals surface area (Å²) in [5.74, 6) is 0.460. The average Bonchev–Trinajstić information content (AvgIpc) is 2.68. The number of amides is 1. The predicted molar refractivity (Wildman–Crippen MR) is 110 cm³/mol. The molecule has 0 fully saturated rings. The molecule has 0 saturated heterocycles. The Balaban J connectivity index is 2.02. The Morgan fingerprint density at radius 2 is 1.87 bits per heavy atom. The summed E-state index contributed by atoms with van der Waals surface area (Å²) in [6.45, 7) is 3.30. The molecule has 0 aliphatic carbocycles. The second-order valence-corrected chi connectivity index (χ2v) is 6.18. The number of nitrogens with two attached hydrogens (primary N) is 2. The summed E-state index contributed by atoms with van der Waals surface area (Å²) in [6, 6.07) is 9.90. The summed E-state index contributed by atoms with van der Waals surface area (Å²) in [5.41, 5.74) is 11.9. The molecule has 0 saturated carbocycles. The van der Waals surface area contributed by atoms with Crippen molar-refractivity contribution < 1.29 is 23.8 Å². The Kier molecular flexibility index (Phi) is 8.51. The second-order valence-electron chi connectivity index (χ2n) is 6.18. The number of carbonyl (C=O) groups is 2. The number of hydrogen-bond acceptors (Lipinski definition) is 10. The predicted octanol–water partition coefficient (Wildman–Crippen LogP) is 3.26. The molecule has 2 rings (SSSR count). The minimum absolute atomic E-state index is 0.0856. The monoisotopic (exact) mass is 416 g/mol. The van der Waals surface area contributed by atoms with Crippen LogP contribution in [0.3, 0.4) is 0 Å². The van der Waals surface area contributed by atoms with E-state index in [0.29, 0.717) is 22.9 Å². The minimum atomic E-state index is -0.832. The SMILES string of the molecule is CC(C)OC(=O)OCOc1ccccc1N=Nc1ccc(NC(=O)CCN)nc1N. The molecule has 0 aliphatic rings. The van der Waals surface area contributed by atoms with Gasteiger partial charge in [0.25, 0.3) is 0 Å². The first-order chi connectivity index (χ1) is 14.4. The van der Waals surface area contributed by atoms with Gasteiger partial charge in [0.15, 0.2) is 11.6 Å². The fraction of sp³-hybridized carbons (Fsp3) is 0.316. The van der Waals surface area contributed by atoms with Gasteiger partial charge in [0.2, 0.25) is 12.7 Å². The molecule has 0 spiro atoms. The molecule has 0 radical (unpaired) electrons. The highest BCUT2D eigenvalue weighted by Crippen LogP contribution is 2.30. The lowest BCUT2D eigenvalue weighted by Gasteiger charge is -2.10. The molecule has 30 heavy (non-hydrogen) atoms. The summed E-state index contributed by atoms with van der Waals surface area (Å²) in [5, 5.41) is 10.8. The van der Waals surface area contributed by atoms with Crippen LogP contribution in [0.25, 0.3) is 0 Å². The number of ether oxygens (including phenoxy) is 3. The number of rotatable bonds is 9. The Morgan fingerprint density at radius 1 is 1.13 bits per heavy atom. The van der Waals surface area contributed by atoms with Gasteiger partial charge in [-0.3, -0.25) is 4.79 Å². The number of anilines is 2. The lowest BCUT2D eigenvalue weighted by atomic mass is 10.3. The van der Waals surface area contributed by atoms with Crippen LogP contribution in [0.2, 0.25) is 0 Å². The highest BCUT2D eigenvalue weighted by atomic mass is 16.8. The highest BCUT2D eigenvalue weighted by Gasteiger charge is 2.09. The Hall–Kier alpha value is -3.73. The Labute approximate surface area is 173 Å². The molecule has 1 amide bonds. The highest BCUT2D eigenvalue weighted by molar-refractivity contribution is 5.90. The van der Waals surface area contributed by atoms with Gasteiger partial charge in [0.1, 0.15) is 17.2 Å². The van der Waals surface area contributed by atoms with Gasteiger partial charge < -0.3 is 31.0 Å². The van der Waals surface area contributed by atoms with Crippen molar-refractivity contribution in [2.24, 2.45) is 16.0 Å². The number of azo groups is 1. The molecule has 0 atom stereocenters. The first-order valence-electron chi connectivity index (χ1n) is 9.12. The lowest BCUT2D eigenvalue weighted by Crippen LogP contribution is -2.17. The number of para-hydroxylation sites is 1. The molecule has 160 valence electrons. The summed E-state index contributed by atoms with van der Waals surface area (Å²) < 4.78 is 15.1. The van der Waals surface area contributed by atoms with E-state index < -0.39 is 6.16 Å². The van der Waals surface area contributed by atoms with Gasteiger partial charge in [-0.1, -0.05) is 12.1 Å². The van der Waals surface area contributed by atoms with Crippen LogP contribution in [0.4, 0.5) is 27.8 Å². The third kappa shape index (κ3) is 7.36. The molecule has 1 heterocycles. The zero-order valence-electron chi connectivity index (χ0n) is 16.7. The zero-order chi connectivity index (χ0) is 21.9. The number of carbonyl (C=O) groups excluding carboxylic acids is 2. The van der Waals surface area contributed by atoms with Gasteiger partial charge in [-0.05, 0) is 38.1 Å².